The summed E-state index contributed by atoms with van der Waals surface area (Å²) in [5, 5.41) is 3.47. The molecule has 0 fully saturated rings. The van der Waals surface area contributed by atoms with E-state index in [1.165, 1.54) is 17.7 Å². The molecular weight excluding hydrogens is 267 g/mol. The van der Waals surface area contributed by atoms with Crippen LogP contribution in [0.4, 0.5) is 5.69 Å². The Kier molecular flexibility index (Phi) is 11.6. The van der Waals surface area contributed by atoms with Gasteiger partial charge in [-0.2, -0.15) is 0 Å². The Morgan fingerprint density at radius 1 is 1.06 bits per heavy atom. The molecule has 0 amide bonds. The average molecular weight is 293 g/mol. The number of benzene rings is 1. The molecule has 0 saturated heterocycles. The molecule has 18 heavy (non-hydrogen) atoms. The summed E-state index contributed by atoms with van der Waals surface area (Å²) in [6, 6.07) is 8.72. The second-order valence-electron chi connectivity index (χ2n) is 4.92. The van der Waals surface area contributed by atoms with E-state index in [4.69, 9.17) is 0 Å². The first kappa shape index (κ1) is 19.9. The van der Waals surface area contributed by atoms with Gasteiger partial charge in [0.2, 0.25) is 0 Å². The highest BCUT2D eigenvalue weighted by Crippen LogP contribution is 2.11. The summed E-state index contributed by atoms with van der Waals surface area (Å²) in [6.45, 7) is 6.59. The largest absolute Gasteiger partial charge is 0.378 e. The fourth-order valence-electron chi connectivity index (χ4n) is 1.54. The first-order valence-corrected chi connectivity index (χ1v) is 6.06. The molecule has 0 bridgehead atoms. The van der Waals surface area contributed by atoms with E-state index in [9.17, 15) is 0 Å². The van der Waals surface area contributed by atoms with Crippen LogP contribution in [0.2, 0.25) is 0 Å². The Labute approximate surface area is 124 Å². The van der Waals surface area contributed by atoms with Gasteiger partial charge >= 0.3 is 0 Å². The van der Waals surface area contributed by atoms with Crippen LogP contribution < -0.4 is 10.2 Å². The van der Waals surface area contributed by atoms with Crippen molar-refractivity contribution in [3.8, 4) is 0 Å². The van der Waals surface area contributed by atoms with Gasteiger partial charge < -0.3 is 10.2 Å². The Balaban J connectivity index is 0. The van der Waals surface area contributed by atoms with Crippen molar-refractivity contribution in [3.63, 3.8) is 0 Å². The van der Waals surface area contributed by atoms with Gasteiger partial charge in [0.05, 0.1) is 0 Å². The smallest absolute Gasteiger partial charge is 0.0361 e. The van der Waals surface area contributed by atoms with E-state index in [1.54, 1.807) is 0 Å². The van der Waals surface area contributed by atoms with Crippen molar-refractivity contribution in [2.24, 2.45) is 5.92 Å². The van der Waals surface area contributed by atoms with Gasteiger partial charge in [-0.3, -0.25) is 0 Å². The Hall–Kier alpha value is -0.440. The number of rotatable bonds is 6. The first-order valence-electron chi connectivity index (χ1n) is 6.06. The van der Waals surface area contributed by atoms with Crippen LogP contribution in [0, 0.1) is 5.92 Å². The van der Waals surface area contributed by atoms with Gasteiger partial charge in [-0.05, 0) is 36.6 Å². The Bertz CT molecular complexity index is 297. The predicted molar refractivity (Wildman–Crippen MR) is 86.4 cm³/mol. The molecule has 0 aliphatic rings. The van der Waals surface area contributed by atoms with Crippen LogP contribution >= 0.6 is 24.8 Å². The number of hydrogen-bond donors (Lipinski definition) is 1. The van der Waals surface area contributed by atoms with Crippen LogP contribution in [0.3, 0.4) is 0 Å². The molecule has 0 aromatic heterocycles. The minimum Gasteiger partial charge on any atom is -0.378 e. The topological polar surface area (TPSA) is 15.3 Å². The fraction of sp³-hybridized carbons (Fsp3) is 0.571. The third-order valence-corrected chi connectivity index (χ3v) is 2.68. The molecule has 1 rings (SSSR count). The van der Waals surface area contributed by atoms with Crippen molar-refractivity contribution < 1.29 is 0 Å². The fourth-order valence-corrected chi connectivity index (χ4v) is 1.54. The number of anilines is 1. The quantitative estimate of drug-likeness (QED) is 0.804. The molecule has 1 N–H and O–H groups in total. The molecular formula is C14H26Cl2N2. The van der Waals surface area contributed by atoms with Gasteiger partial charge in [0.25, 0.3) is 0 Å². The molecule has 0 aliphatic carbocycles. The molecule has 4 heteroatoms. The van der Waals surface area contributed by atoms with Crippen LogP contribution in [0.15, 0.2) is 24.3 Å². The van der Waals surface area contributed by atoms with Crippen molar-refractivity contribution >= 4 is 30.5 Å². The molecule has 1 aromatic rings. The molecule has 1 aromatic carbocycles. The van der Waals surface area contributed by atoms with Crippen molar-refractivity contribution in [1.29, 1.82) is 0 Å². The third kappa shape index (κ3) is 7.80. The highest BCUT2D eigenvalue weighted by Gasteiger charge is 1.97. The van der Waals surface area contributed by atoms with E-state index in [0.29, 0.717) is 0 Å². The zero-order chi connectivity index (χ0) is 12.0. The summed E-state index contributed by atoms with van der Waals surface area (Å²) >= 11 is 0. The van der Waals surface area contributed by atoms with E-state index in [1.807, 2.05) is 0 Å². The Morgan fingerprint density at radius 3 is 2.06 bits per heavy atom. The van der Waals surface area contributed by atoms with Crippen molar-refractivity contribution in [2.75, 3.05) is 25.5 Å². The van der Waals surface area contributed by atoms with Crippen molar-refractivity contribution in [1.82, 2.24) is 5.32 Å². The molecule has 106 valence electrons. The molecule has 0 heterocycles. The van der Waals surface area contributed by atoms with E-state index < -0.39 is 0 Å². The van der Waals surface area contributed by atoms with Crippen molar-refractivity contribution in [2.45, 2.75) is 26.8 Å². The number of halogens is 2. The average Bonchev–Trinajstić information content (AvgIpc) is 2.25. The van der Waals surface area contributed by atoms with Crippen molar-refractivity contribution in [3.05, 3.63) is 29.8 Å². The molecule has 0 unspecified atom stereocenters. The third-order valence-electron chi connectivity index (χ3n) is 2.68. The van der Waals surface area contributed by atoms with Crippen LogP contribution in [0.1, 0.15) is 25.8 Å². The maximum Gasteiger partial charge on any atom is 0.0361 e. The standard InChI is InChI=1S/C14H24N2.2ClH/c1-12(2)9-10-15-11-13-5-7-14(8-6-13)16(3)4;;/h5-8,12,15H,9-11H2,1-4H3;2*1H. The summed E-state index contributed by atoms with van der Waals surface area (Å²) in [5.74, 6) is 0.781. The van der Waals surface area contributed by atoms with Gasteiger partial charge in [-0.25, -0.2) is 0 Å². The number of hydrogen-bond acceptors (Lipinski definition) is 2. The van der Waals surface area contributed by atoms with Crippen LogP contribution in [0.5, 0.6) is 0 Å². The lowest BCUT2D eigenvalue weighted by Gasteiger charge is -2.13. The van der Waals surface area contributed by atoms with Gasteiger partial charge in [0.15, 0.2) is 0 Å². The predicted octanol–water partition coefficient (Wildman–Crippen LogP) is 3.73. The van der Waals surface area contributed by atoms with Crippen LogP contribution in [-0.4, -0.2) is 20.6 Å². The first-order chi connectivity index (χ1) is 7.59. The summed E-state index contributed by atoms with van der Waals surface area (Å²) < 4.78 is 0. The lowest BCUT2D eigenvalue weighted by Crippen LogP contribution is -2.16. The monoisotopic (exact) mass is 292 g/mol. The van der Waals surface area contributed by atoms with Gasteiger partial charge in [-0.15, -0.1) is 24.8 Å². The van der Waals surface area contributed by atoms with Crippen LogP contribution in [-0.2, 0) is 6.54 Å². The second-order valence-corrected chi connectivity index (χ2v) is 4.92. The lowest BCUT2D eigenvalue weighted by atomic mass is 10.1. The molecule has 0 radical (unpaired) electrons. The van der Waals surface area contributed by atoms with Gasteiger partial charge in [-0.1, -0.05) is 26.0 Å². The second kappa shape index (κ2) is 10.5. The number of nitrogens with zero attached hydrogens (tertiary/aromatic N) is 1. The molecule has 0 atom stereocenters. The summed E-state index contributed by atoms with van der Waals surface area (Å²) in [7, 11) is 4.13. The van der Waals surface area contributed by atoms with E-state index >= 15 is 0 Å². The van der Waals surface area contributed by atoms with Gasteiger partial charge in [0.1, 0.15) is 0 Å². The van der Waals surface area contributed by atoms with E-state index in [-0.39, 0.29) is 24.8 Å². The minimum absolute atomic E-state index is 0. The minimum atomic E-state index is 0. The lowest BCUT2D eigenvalue weighted by molar-refractivity contribution is 0.537. The van der Waals surface area contributed by atoms with E-state index in [2.05, 4.69) is 62.4 Å². The Morgan fingerprint density at radius 2 is 1.61 bits per heavy atom. The molecule has 2 nitrogen and oxygen atoms in total. The van der Waals surface area contributed by atoms with E-state index in [0.717, 1.165) is 19.0 Å². The highest BCUT2D eigenvalue weighted by molar-refractivity contribution is 5.85. The maximum absolute atomic E-state index is 3.47. The molecule has 0 saturated carbocycles. The van der Waals surface area contributed by atoms with Crippen LogP contribution in [0.25, 0.3) is 0 Å². The number of nitrogens with one attached hydrogen (secondary N) is 1. The maximum atomic E-state index is 3.47. The zero-order valence-electron chi connectivity index (χ0n) is 11.8. The normalized spacial score (nSPS) is 9.61. The SMILES string of the molecule is CC(C)CCNCc1ccc(N(C)C)cc1.Cl.Cl. The zero-order valence-corrected chi connectivity index (χ0v) is 13.4. The summed E-state index contributed by atoms with van der Waals surface area (Å²) in [6.07, 6.45) is 1.25. The summed E-state index contributed by atoms with van der Waals surface area (Å²) in [5.41, 5.74) is 2.61. The summed E-state index contributed by atoms with van der Waals surface area (Å²) in [4.78, 5) is 2.12. The molecule has 0 spiro atoms. The highest BCUT2D eigenvalue weighted by atomic mass is 35.5. The van der Waals surface area contributed by atoms with Gasteiger partial charge in [0, 0.05) is 26.3 Å². The molecule has 0 aliphatic heterocycles.